The van der Waals surface area contributed by atoms with Crippen LogP contribution in [0, 0.1) is 11.3 Å². The van der Waals surface area contributed by atoms with E-state index in [0.29, 0.717) is 32.4 Å². The Balaban J connectivity index is 2.26. The molecule has 0 fully saturated rings. The number of unbranched alkanes of at least 4 members (excludes halogenated alkanes) is 1. The standard InChI is InChI=1S/C12H18N4O3/c13-8-9-4-3-7-16(9)11(17)10(14)5-1-2-6-15-12(18)19/h3-4,9-10,15H,1-2,5-7,14H2,(H,18,19)/t9-,10-/m0/s1. The molecule has 0 saturated heterocycles. The van der Waals surface area contributed by atoms with E-state index in [1.54, 1.807) is 12.2 Å². The van der Waals surface area contributed by atoms with E-state index in [9.17, 15) is 9.59 Å². The van der Waals surface area contributed by atoms with Crippen molar-refractivity contribution in [2.75, 3.05) is 13.1 Å². The molecular weight excluding hydrogens is 248 g/mol. The summed E-state index contributed by atoms with van der Waals surface area (Å²) >= 11 is 0. The molecule has 2 amide bonds. The van der Waals surface area contributed by atoms with Crippen LogP contribution < -0.4 is 11.1 Å². The summed E-state index contributed by atoms with van der Waals surface area (Å²) in [5.74, 6) is -0.234. The maximum atomic E-state index is 12.0. The third-order valence-electron chi connectivity index (χ3n) is 2.91. The fraction of sp³-hybridized carbons (Fsp3) is 0.583. The maximum Gasteiger partial charge on any atom is 0.404 e. The summed E-state index contributed by atoms with van der Waals surface area (Å²) in [6.45, 7) is 0.771. The van der Waals surface area contributed by atoms with Crippen LogP contribution in [0.25, 0.3) is 0 Å². The molecule has 0 radical (unpaired) electrons. The van der Waals surface area contributed by atoms with Crippen molar-refractivity contribution < 1.29 is 14.7 Å². The summed E-state index contributed by atoms with van der Waals surface area (Å²) in [7, 11) is 0. The largest absolute Gasteiger partial charge is 0.465 e. The lowest BCUT2D eigenvalue weighted by Crippen LogP contribution is -2.46. The van der Waals surface area contributed by atoms with Crippen LogP contribution in [0.5, 0.6) is 0 Å². The van der Waals surface area contributed by atoms with Crippen LogP contribution in [0.2, 0.25) is 0 Å². The van der Waals surface area contributed by atoms with Crippen molar-refractivity contribution in [3.8, 4) is 6.07 Å². The minimum Gasteiger partial charge on any atom is -0.465 e. The first kappa shape index (κ1) is 15.0. The monoisotopic (exact) mass is 266 g/mol. The van der Waals surface area contributed by atoms with Crippen molar-refractivity contribution in [3.63, 3.8) is 0 Å². The Hall–Kier alpha value is -2.07. The molecule has 0 aliphatic carbocycles. The number of nitrogens with two attached hydrogens (primary N) is 1. The quantitative estimate of drug-likeness (QED) is 0.463. The van der Waals surface area contributed by atoms with Crippen LogP contribution in [0.3, 0.4) is 0 Å². The lowest BCUT2D eigenvalue weighted by molar-refractivity contribution is -0.132. The average molecular weight is 266 g/mol. The van der Waals surface area contributed by atoms with E-state index in [2.05, 4.69) is 5.32 Å². The average Bonchev–Trinajstić information content (AvgIpc) is 2.85. The molecule has 0 unspecified atom stereocenters. The molecule has 1 aliphatic heterocycles. The van der Waals surface area contributed by atoms with Gasteiger partial charge in [0.2, 0.25) is 5.91 Å². The number of carbonyl (C=O) groups is 2. The van der Waals surface area contributed by atoms with Gasteiger partial charge in [0, 0.05) is 13.1 Å². The van der Waals surface area contributed by atoms with Gasteiger partial charge in [-0.05, 0) is 25.3 Å². The summed E-state index contributed by atoms with van der Waals surface area (Å²) < 4.78 is 0. The number of nitrogens with zero attached hydrogens (tertiary/aromatic N) is 2. The molecule has 1 heterocycles. The van der Waals surface area contributed by atoms with Crippen molar-refractivity contribution in [3.05, 3.63) is 12.2 Å². The molecule has 2 atom stereocenters. The first-order valence-electron chi connectivity index (χ1n) is 6.15. The molecule has 4 N–H and O–H groups in total. The van der Waals surface area contributed by atoms with Crippen LogP contribution in [-0.4, -0.2) is 47.2 Å². The molecule has 0 aromatic carbocycles. The Kier molecular flexibility index (Phi) is 5.82. The highest BCUT2D eigenvalue weighted by Gasteiger charge is 2.27. The molecule has 7 nitrogen and oxygen atoms in total. The van der Waals surface area contributed by atoms with Crippen LogP contribution in [0.1, 0.15) is 19.3 Å². The lowest BCUT2D eigenvalue weighted by Gasteiger charge is -2.23. The summed E-state index contributed by atoms with van der Waals surface area (Å²) in [6, 6.07) is 0.867. The Labute approximate surface area is 111 Å². The molecule has 0 spiro atoms. The molecular formula is C12H18N4O3. The molecule has 7 heteroatoms. The number of hydrogen-bond acceptors (Lipinski definition) is 4. The number of hydrogen-bond donors (Lipinski definition) is 3. The van der Waals surface area contributed by atoms with Crippen molar-refractivity contribution in [2.24, 2.45) is 5.73 Å². The number of rotatable bonds is 6. The van der Waals surface area contributed by atoms with Gasteiger partial charge < -0.3 is 21.1 Å². The summed E-state index contributed by atoms with van der Waals surface area (Å²) in [6.07, 6.45) is 4.17. The topological polar surface area (TPSA) is 119 Å². The molecule has 1 aliphatic rings. The van der Waals surface area contributed by atoms with Gasteiger partial charge in [0.15, 0.2) is 0 Å². The van der Waals surface area contributed by atoms with Gasteiger partial charge >= 0.3 is 6.09 Å². The van der Waals surface area contributed by atoms with Gasteiger partial charge in [-0.15, -0.1) is 0 Å². The highest BCUT2D eigenvalue weighted by Crippen LogP contribution is 2.12. The van der Waals surface area contributed by atoms with Crippen LogP contribution >= 0.6 is 0 Å². The van der Waals surface area contributed by atoms with E-state index < -0.39 is 18.2 Å². The molecule has 0 aromatic heterocycles. The Morgan fingerprint density at radius 2 is 2.32 bits per heavy atom. The molecule has 0 saturated carbocycles. The number of carboxylic acid groups (broad SMARTS) is 1. The van der Waals surface area contributed by atoms with Gasteiger partial charge in [-0.3, -0.25) is 4.79 Å². The van der Waals surface area contributed by atoms with Gasteiger partial charge in [-0.2, -0.15) is 5.26 Å². The van der Waals surface area contributed by atoms with Gasteiger partial charge in [0.1, 0.15) is 6.04 Å². The minimum absolute atomic E-state index is 0.234. The second-order valence-electron chi connectivity index (χ2n) is 4.33. The van der Waals surface area contributed by atoms with Crippen LogP contribution in [-0.2, 0) is 4.79 Å². The van der Waals surface area contributed by atoms with Crippen molar-refractivity contribution in [1.82, 2.24) is 10.2 Å². The maximum absolute atomic E-state index is 12.0. The Morgan fingerprint density at radius 3 is 2.95 bits per heavy atom. The highest BCUT2D eigenvalue weighted by atomic mass is 16.4. The van der Waals surface area contributed by atoms with Gasteiger partial charge in [-0.1, -0.05) is 6.08 Å². The fourth-order valence-corrected chi connectivity index (χ4v) is 1.88. The lowest BCUT2D eigenvalue weighted by atomic mass is 10.1. The Bertz CT molecular complexity index is 402. The zero-order valence-electron chi connectivity index (χ0n) is 10.6. The normalized spacial score (nSPS) is 18.9. The predicted molar refractivity (Wildman–Crippen MR) is 68.1 cm³/mol. The second kappa shape index (κ2) is 7.38. The fourth-order valence-electron chi connectivity index (χ4n) is 1.88. The van der Waals surface area contributed by atoms with Crippen molar-refractivity contribution in [2.45, 2.75) is 31.3 Å². The zero-order chi connectivity index (χ0) is 14.3. The third kappa shape index (κ3) is 4.60. The van der Waals surface area contributed by atoms with E-state index in [4.69, 9.17) is 16.1 Å². The highest BCUT2D eigenvalue weighted by molar-refractivity contribution is 5.83. The first-order valence-corrected chi connectivity index (χ1v) is 6.15. The number of carbonyl (C=O) groups excluding carboxylic acids is 1. The number of amides is 2. The number of nitrogens with one attached hydrogen (secondary N) is 1. The third-order valence-corrected chi connectivity index (χ3v) is 2.91. The van der Waals surface area contributed by atoms with Crippen molar-refractivity contribution >= 4 is 12.0 Å². The van der Waals surface area contributed by atoms with Crippen LogP contribution in [0.4, 0.5) is 4.79 Å². The smallest absolute Gasteiger partial charge is 0.404 e. The summed E-state index contributed by atoms with van der Waals surface area (Å²) in [5.41, 5.74) is 5.79. The van der Waals surface area contributed by atoms with E-state index in [1.807, 2.05) is 6.07 Å². The van der Waals surface area contributed by atoms with Crippen LogP contribution in [0.15, 0.2) is 12.2 Å². The first-order chi connectivity index (χ1) is 9.06. The van der Waals surface area contributed by atoms with E-state index in [1.165, 1.54) is 4.90 Å². The molecule has 0 aromatic rings. The molecule has 0 bridgehead atoms. The van der Waals surface area contributed by atoms with Crippen molar-refractivity contribution in [1.29, 1.82) is 5.26 Å². The second-order valence-corrected chi connectivity index (χ2v) is 4.33. The zero-order valence-corrected chi connectivity index (χ0v) is 10.6. The van der Waals surface area contributed by atoms with E-state index >= 15 is 0 Å². The van der Waals surface area contributed by atoms with Gasteiger partial charge in [0.05, 0.1) is 12.1 Å². The number of nitriles is 1. The SMILES string of the molecule is N#C[C@@H]1C=CCN1C(=O)[C@@H](N)CCCCNC(=O)O. The summed E-state index contributed by atoms with van der Waals surface area (Å²) in [4.78, 5) is 23.6. The van der Waals surface area contributed by atoms with E-state index in [0.717, 1.165) is 0 Å². The molecule has 1 rings (SSSR count). The minimum atomic E-state index is -1.06. The molecule has 19 heavy (non-hydrogen) atoms. The summed E-state index contributed by atoms with van der Waals surface area (Å²) in [5, 5.41) is 19.5. The predicted octanol–water partition coefficient (Wildman–Crippen LogP) is 0.0422. The van der Waals surface area contributed by atoms with Gasteiger partial charge in [0.25, 0.3) is 0 Å². The Morgan fingerprint density at radius 1 is 1.58 bits per heavy atom. The van der Waals surface area contributed by atoms with E-state index in [-0.39, 0.29) is 5.91 Å². The van der Waals surface area contributed by atoms with Gasteiger partial charge in [-0.25, -0.2) is 4.79 Å². The molecule has 104 valence electrons.